The summed E-state index contributed by atoms with van der Waals surface area (Å²) in [5.74, 6) is 0.390. The van der Waals surface area contributed by atoms with E-state index in [1.807, 2.05) is 18.2 Å². The SMILES string of the molecule is COC(=O)C(CN)Sc1nc2ccc(OC)cc2[nH]1. The van der Waals surface area contributed by atoms with Crippen molar-refractivity contribution in [2.45, 2.75) is 10.4 Å². The van der Waals surface area contributed by atoms with Crippen molar-refractivity contribution in [3.8, 4) is 5.75 Å². The lowest BCUT2D eigenvalue weighted by Crippen LogP contribution is -2.27. The van der Waals surface area contributed by atoms with Crippen molar-refractivity contribution in [1.82, 2.24) is 9.97 Å². The van der Waals surface area contributed by atoms with Crippen LogP contribution in [0.15, 0.2) is 23.4 Å². The van der Waals surface area contributed by atoms with Crippen LogP contribution in [0.5, 0.6) is 5.75 Å². The van der Waals surface area contributed by atoms with E-state index in [-0.39, 0.29) is 12.5 Å². The Bertz CT molecular complexity index is 585. The van der Waals surface area contributed by atoms with E-state index in [0.29, 0.717) is 5.16 Å². The first-order valence-electron chi connectivity index (χ1n) is 5.66. The quantitative estimate of drug-likeness (QED) is 0.631. The summed E-state index contributed by atoms with van der Waals surface area (Å²) in [6.07, 6.45) is 0. The third-order valence-corrected chi connectivity index (χ3v) is 3.69. The number of hydrogen-bond acceptors (Lipinski definition) is 6. The molecule has 7 heteroatoms. The molecule has 2 rings (SSSR count). The van der Waals surface area contributed by atoms with E-state index < -0.39 is 5.25 Å². The van der Waals surface area contributed by atoms with Gasteiger partial charge in [-0.3, -0.25) is 4.79 Å². The summed E-state index contributed by atoms with van der Waals surface area (Å²) in [5, 5.41) is 0.163. The number of esters is 1. The van der Waals surface area contributed by atoms with Gasteiger partial charge in [0.1, 0.15) is 11.0 Å². The molecule has 0 aliphatic carbocycles. The summed E-state index contributed by atoms with van der Waals surface area (Å²) in [6, 6.07) is 5.53. The number of aromatic nitrogens is 2. The number of hydrogen-bond donors (Lipinski definition) is 2. The van der Waals surface area contributed by atoms with Crippen LogP contribution in [0, 0.1) is 0 Å². The van der Waals surface area contributed by atoms with Crippen molar-refractivity contribution in [3.63, 3.8) is 0 Å². The molecule has 0 bridgehead atoms. The highest BCUT2D eigenvalue weighted by Gasteiger charge is 2.20. The van der Waals surface area contributed by atoms with Gasteiger partial charge >= 0.3 is 5.97 Å². The van der Waals surface area contributed by atoms with E-state index in [0.717, 1.165) is 16.8 Å². The highest BCUT2D eigenvalue weighted by atomic mass is 32.2. The zero-order chi connectivity index (χ0) is 13.8. The third kappa shape index (κ3) is 2.99. The number of methoxy groups -OCH3 is 2. The maximum Gasteiger partial charge on any atom is 0.320 e. The zero-order valence-corrected chi connectivity index (χ0v) is 11.5. The fourth-order valence-electron chi connectivity index (χ4n) is 1.61. The number of benzene rings is 1. The number of fused-ring (bicyclic) bond motifs is 1. The Labute approximate surface area is 114 Å². The van der Waals surface area contributed by atoms with Gasteiger partial charge in [-0.2, -0.15) is 0 Å². The highest BCUT2D eigenvalue weighted by Crippen LogP contribution is 2.25. The van der Waals surface area contributed by atoms with E-state index in [4.69, 9.17) is 10.5 Å². The molecule has 0 saturated heterocycles. The number of thioether (sulfide) groups is 1. The predicted octanol–water partition coefficient (Wildman–Crippen LogP) is 1.16. The van der Waals surface area contributed by atoms with Gasteiger partial charge in [-0.15, -0.1) is 0 Å². The van der Waals surface area contributed by atoms with Crippen molar-refractivity contribution in [3.05, 3.63) is 18.2 Å². The fourth-order valence-corrected chi connectivity index (χ4v) is 2.48. The van der Waals surface area contributed by atoms with Crippen molar-refractivity contribution in [2.24, 2.45) is 5.73 Å². The Morgan fingerprint density at radius 3 is 2.95 bits per heavy atom. The lowest BCUT2D eigenvalue weighted by atomic mass is 10.3. The smallest absolute Gasteiger partial charge is 0.320 e. The Hall–Kier alpha value is -1.73. The maximum atomic E-state index is 11.5. The van der Waals surface area contributed by atoms with Gasteiger partial charge < -0.3 is 20.2 Å². The van der Waals surface area contributed by atoms with Crippen molar-refractivity contribution in [1.29, 1.82) is 0 Å². The van der Waals surface area contributed by atoms with E-state index in [9.17, 15) is 4.79 Å². The van der Waals surface area contributed by atoms with E-state index >= 15 is 0 Å². The van der Waals surface area contributed by atoms with Crippen LogP contribution in [0.2, 0.25) is 0 Å². The molecule has 0 spiro atoms. The average molecular weight is 281 g/mol. The Kier molecular flexibility index (Phi) is 4.28. The summed E-state index contributed by atoms with van der Waals surface area (Å²) in [7, 11) is 2.95. The first-order chi connectivity index (χ1) is 9.17. The number of aromatic amines is 1. The van der Waals surface area contributed by atoms with Gasteiger partial charge in [0, 0.05) is 12.6 Å². The molecule has 19 heavy (non-hydrogen) atoms. The second kappa shape index (κ2) is 5.94. The van der Waals surface area contributed by atoms with Crippen LogP contribution in [0.1, 0.15) is 0 Å². The van der Waals surface area contributed by atoms with Gasteiger partial charge in [0.25, 0.3) is 0 Å². The number of carbonyl (C=O) groups excluding carboxylic acids is 1. The second-order valence-electron chi connectivity index (χ2n) is 3.79. The minimum atomic E-state index is -0.465. The summed E-state index contributed by atoms with van der Waals surface area (Å²) in [5.41, 5.74) is 7.21. The number of ether oxygens (including phenoxy) is 2. The van der Waals surface area contributed by atoms with E-state index in [1.54, 1.807) is 7.11 Å². The fraction of sp³-hybridized carbons (Fsp3) is 0.333. The van der Waals surface area contributed by atoms with Gasteiger partial charge in [0.05, 0.1) is 25.3 Å². The molecule has 102 valence electrons. The molecule has 0 saturated carbocycles. The van der Waals surface area contributed by atoms with Gasteiger partial charge in [0.15, 0.2) is 5.16 Å². The monoisotopic (exact) mass is 281 g/mol. The minimum absolute atomic E-state index is 0.192. The zero-order valence-electron chi connectivity index (χ0n) is 10.7. The standard InChI is InChI=1S/C12H15N3O3S/c1-17-7-3-4-8-9(5-7)15-12(14-8)19-10(6-13)11(16)18-2/h3-5,10H,6,13H2,1-2H3,(H,14,15). The topological polar surface area (TPSA) is 90.2 Å². The average Bonchev–Trinajstić information content (AvgIpc) is 2.85. The number of rotatable bonds is 5. The second-order valence-corrected chi connectivity index (χ2v) is 4.98. The summed E-state index contributed by atoms with van der Waals surface area (Å²) < 4.78 is 9.83. The number of nitrogens with one attached hydrogen (secondary N) is 1. The first kappa shape index (κ1) is 13.7. The first-order valence-corrected chi connectivity index (χ1v) is 6.54. The lowest BCUT2D eigenvalue weighted by molar-refractivity contribution is -0.139. The summed E-state index contributed by atoms with van der Waals surface area (Å²) >= 11 is 1.25. The largest absolute Gasteiger partial charge is 0.497 e. The van der Waals surface area contributed by atoms with Gasteiger partial charge in [-0.1, -0.05) is 11.8 Å². The summed E-state index contributed by atoms with van der Waals surface area (Å²) in [6.45, 7) is 0.192. The van der Waals surface area contributed by atoms with Gasteiger partial charge in [0.2, 0.25) is 0 Å². The molecule has 1 aromatic carbocycles. The Morgan fingerprint density at radius 2 is 2.32 bits per heavy atom. The van der Waals surface area contributed by atoms with Crippen LogP contribution in [-0.4, -0.2) is 42.0 Å². The van der Waals surface area contributed by atoms with Gasteiger partial charge in [-0.05, 0) is 12.1 Å². The van der Waals surface area contributed by atoms with Crippen LogP contribution in [0.25, 0.3) is 11.0 Å². The van der Waals surface area contributed by atoms with Crippen molar-refractivity contribution >= 4 is 28.8 Å². The van der Waals surface area contributed by atoms with Crippen molar-refractivity contribution < 1.29 is 14.3 Å². The molecule has 1 heterocycles. The molecular formula is C12H15N3O3S. The molecule has 6 nitrogen and oxygen atoms in total. The number of nitrogens with zero attached hydrogens (tertiary/aromatic N) is 1. The molecular weight excluding hydrogens is 266 g/mol. The van der Waals surface area contributed by atoms with Crippen molar-refractivity contribution in [2.75, 3.05) is 20.8 Å². The molecule has 0 amide bonds. The lowest BCUT2D eigenvalue weighted by Gasteiger charge is -2.09. The molecule has 1 aromatic heterocycles. The van der Waals surface area contributed by atoms with E-state index in [2.05, 4.69) is 14.7 Å². The Balaban J connectivity index is 2.23. The molecule has 2 aromatic rings. The van der Waals surface area contributed by atoms with Crippen LogP contribution >= 0.6 is 11.8 Å². The predicted molar refractivity (Wildman–Crippen MR) is 73.4 cm³/mol. The Morgan fingerprint density at radius 1 is 1.53 bits per heavy atom. The molecule has 0 radical (unpaired) electrons. The van der Waals surface area contributed by atoms with Crippen LogP contribution < -0.4 is 10.5 Å². The highest BCUT2D eigenvalue weighted by molar-refractivity contribution is 8.00. The third-order valence-electron chi connectivity index (χ3n) is 2.60. The molecule has 0 fully saturated rings. The van der Waals surface area contributed by atoms with Gasteiger partial charge in [-0.25, -0.2) is 4.98 Å². The number of imidazole rings is 1. The molecule has 1 atom stereocenters. The number of H-pyrrole nitrogens is 1. The number of carbonyl (C=O) groups is 1. The number of nitrogens with two attached hydrogens (primary N) is 1. The molecule has 0 aliphatic rings. The molecule has 1 unspecified atom stereocenters. The van der Waals surface area contributed by atoms with Crippen LogP contribution in [0.3, 0.4) is 0 Å². The van der Waals surface area contributed by atoms with Crippen LogP contribution in [-0.2, 0) is 9.53 Å². The normalized spacial score (nSPS) is 12.4. The van der Waals surface area contributed by atoms with Crippen LogP contribution in [0.4, 0.5) is 0 Å². The van der Waals surface area contributed by atoms with E-state index in [1.165, 1.54) is 18.9 Å². The molecule has 0 aliphatic heterocycles. The summed E-state index contributed by atoms with van der Waals surface area (Å²) in [4.78, 5) is 19.0. The minimum Gasteiger partial charge on any atom is -0.497 e. The maximum absolute atomic E-state index is 11.5. The molecule has 3 N–H and O–H groups in total.